The van der Waals surface area contributed by atoms with Gasteiger partial charge < -0.3 is 0 Å². The highest BCUT2D eigenvalue weighted by molar-refractivity contribution is 9.26. The largest absolute Gasteiger partial charge is 0.291 e. The van der Waals surface area contributed by atoms with E-state index in [-0.39, 0.29) is 11.3 Å². The molecule has 0 atom stereocenters. The van der Waals surface area contributed by atoms with E-state index in [4.69, 9.17) is 4.98 Å². The number of nitrogens with zero attached hydrogens (tertiary/aromatic N) is 2. The standard InChI is InChI=1S/C21H13Br3N2O2S2/c22-14-7-6-13(29-14)18-25-19-15(12-8-9-21(23,24)17(27)16(12)30-19)20(28)26(18)10-11-4-2-1-3-5-11/h1-7H,8-10H2. The number of ketones is 1. The minimum absolute atomic E-state index is 0.0406. The third-order valence-electron chi connectivity index (χ3n) is 5.12. The number of halogens is 3. The maximum Gasteiger partial charge on any atom is 0.263 e. The number of aryl methyl sites for hydroxylation is 1. The SMILES string of the molecule is O=C1c2sc3nc(-c4ccc(Br)s4)n(Cc4ccccc4)c(=O)c3c2CCC1(Br)Br. The number of alkyl halides is 2. The summed E-state index contributed by atoms with van der Waals surface area (Å²) >= 11 is 13.3. The number of aromatic nitrogens is 2. The Hall–Kier alpha value is -1.13. The molecule has 0 fully saturated rings. The van der Waals surface area contributed by atoms with Crippen molar-refractivity contribution >= 4 is 86.5 Å². The normalized spacial score (nSPS) is 15.5. The summed E-state index contributed by atoms with van der Waals surface area (Å²) in [7, 11) is 0. The van der Waals surface area contributed by atoms with E-state index in [0.29, 0.717) is 40.3 Å². The predicted octanol–water partition coefficient (Wildman–Crippen LogP) is 6.61. The summed E-state index contributed by atoms with van der Waals surface area (Å²) < 4.78 is 1.94. The topological polar surface area (TPSA) is 52.0 Å². The van der Waals surface area contributed by atoms with E-state index in [9.17, 15) is 9.59 Å². The molecule has 5 rings (SSSR count). The monoisotopic (exact) mass is 626 g/mol. The summed E-state index contributed by atoms with van der Waals surface area (Å²) in [4.78, 5) is 33.7. The molecule has 0 N–H and O–H groups in total. The number of hydrogen-bond acceptors (Lipinski definition) is 5. The lowest BCUT2D eigenvalue weighted by molar-refractivity contribution is 0.0977. The number of carbonyl (C=O) groups is 1. The van der Waals surface area contributed by atoms with Gasteiger partial charge in [-0.15, -0.1) is 22.7 Å². The van der Waals surface area contributed by atoms with Gasteiger partial charge in [-0.25, -0.2) is 4.98 Å². The van der Waals surface area contributed by atoms with Crippen LogP contribution in [0.1, 0.15) is 27.2 Å². The van der Waals surface area contributed by atoms with Crippen LogP contribution >= 0.6 is 70.5 Å². The number of rotatable bonds is 3. The lowest BCUT2D eigenvalue weighted by Crippen LogP contribution is -2.30. The van der Waals surface area contributed by atoms with E-state index in [0.717, 1.165) is 19.8 Å². The maximum atomic E-state index is 13.7. The number of thiophene rings is 2. The zero-order valence-corrected chi connectivity index (χ0v) is 21.7. The van der Waals surface area contributed by atoms with Crippen LogP contribution in [-0.2, 0) is 13.0 Å². The second kappa shape index (κ2) is 7.78. The zero-order valence-electron chi connectivity index (χ0n) is 15.3. The number of benzene rings is 1. The summed E-state index contributed by atoms with van der Waals surface area (Å²) in [5.74, 6) is 0.586. The van der Waals surface area contributed by atoms with Gasteiger partial charge in [0.15, 0.2) is 11.6 Å². The predicted molar refractivity (Wildman–Crippen MR) is 134 cm³/mol. The molecule has 0 unspecified atom stereocenters. The fourth-order valence-corrected chi connectivity index (χ4v) is 7.33. The van der Waals surface area contributed by atoms with Gasteiger partial charge in [0.05, 0.1) is 25.5 Å². The molecule has 1 aliphatic rings. The van der Waals surface area contributed by atoms with Crippen molar-refractivity contribution in [2.45, 2.75) is 22.6 Å². The average Bonchev–Trinajstić information content (AvgIpc) is 3.31. The van der Waals surface area contributed by atoms with Crippen LogP contribution in [0.3, 0.4) is 0 Å². The van der Waals surface area contributed by atoms with Gasteiger partial charge in [0, 0.05) is 0 Å². The molecule has 152 valence electrons. The van der Waals surface area contributed by atoms with Crippen molar-refractivity contribution in [3.63, 3.8) is 0 Å². The summed E-state index contributed by atoms with van der Waals surface area (Å²) in [6.07, 6.45) is 1.23. The van der Waals surface area contributed by atoms with E-state index in [2.05, 4.69) is 47.8 Å². The smallest absolute Gasteiger partial charge is 0.263 e. The molecule has 1 aromatic carbocycles. The Morgan fingerprint density at radius 2 is 1.83 bits per heavy atom. The molecule has 4 nitrogen and oxygen atoms in total. The van der Waals surface area contributed by atoms with Crippen LogP contribution in [0.15, 0.2) is 51.0 Å². The lowest BCUT2D eigenvalue weighted by atomic mass is 9.96. The first-order valence-electron chi connectivity index (χ1n) is 9.13. The van der Waals surface area contributed by atoms with Crippen LogP contribution in [0.4, 0.5) is 0 Å². The molecule has 0 saturated heterocycles. The Balaban J connectivity index is 1.78. The van der Waals surface area contributed by atoms with Crippen LogP contribution in [0.5, 0.6) is 0 Å². The van der Waals surface area contributed by atoms with Crippen LogP contribution in [0.2, 0.25) is 0 Å². The van der Waals surface area contributed by atoms with Crippen molar-refractivity contribution in [2.75, 3.05) is 0 Å². The van der Waals surface area contributed by atoms with Gasteiger partial charge in [-0.2, -0.15) is 0 Å². The van der Waals surface area contributed by atoms with Gasteiger partial charge in [-0.05, 0) is 52.0 Å². The van der Waals surface area contributed by atoms with Crippen molar-refractivity contribution < 1.29 is 4.79 Å². The van der Waals surface area contributed by atoms with Gasteiger partial charge in [0.1, 0.15) is 8.06 Å². The van der Waals surface area contributed by atoms with Gasteiger partial charge in [0.25, 0.3) is 5.56 Å². The van der Waals surface area contributed by atoms with Crippen molar-refractivity contribution in [2.24, 2.45) is 0 Å². The van der Waals surface area contributed by atoms with Gasteiger partial charge >= 0.3 is 0 Å². The quantitative estimate of drug-likeness (QED) is 0.240. The molecule has 3 aromatic heterocycles. The second-order valence-corrected chi connectivity index (χ2v) is 14.3. The van der Waals surface area contributed by atoms with Crippen LogP contribution in [0.25, 0.3) is 20.9 Å². The van der Waals surface area contributed by atoms with Crippen molar-refractivity contribution in [1.82, 2.24) is 9.55 Å². The zero-order chi connectivity index (χ0) is 21.0. The van der Waals surface area contributed by atoms with Crippen molar-refractivity contribution in [3.8, 4) is 10.7 Å². The summed E-state index contributed by atoms with van der Waals surface area (Å²) in [5, 5.41) is 0.578. The van der Waals surface area contributed by atoms with E-state index in [1.54, 1.807) is 4.57 Å². The number of fused-ring (bicyclic) bond motifs is 3. The summed E-state index contributed by atoms with van der Waals surface area (Å²) in [6, 6.07) is 13.8. The van der Waals surface area contributed by atoms with Gasteiger partial charge in [-0.1, -0.05) is 62.2 Å². The first-order valence-corrected chi connectivity index (χ1v) is 13.1. The number of hydrogen-bond donors (Lipinski definition) is 0. The molecule has 0 bridgehead atoms. The fourth-order valence-electron chi connectivity index (χ4n) is 3.66. The Kier molecular flexibility index (Phi) is 5.38. The Bertz CT molecular complexity index is 1360. The van der Waals surface area contributed by atoms with E-state index in [1.165, 1.54) is 22.7 Å². The molecule has 9 heteroatoms. The fraction of sp³-hybridized carbons (Fsp3) is 0.190. The molecule has 0 aliphatic heterocycles. The Labute approximate surface area is 205 Å². The molecule has 1 aliphatic carbocycles. The van der Waals surface area contributed by atoms with Gasteiger partial charge in [0.2, 0.25) is 0 Å². The van der Waals surface area contributed by atoms with Crippen LogP contribution in [-0.4, -0.2) is 18.6 Å². The molecular formula is C21H13Br3N2O2S2. The molecule has 4 aromatic rings. The molecule has 0 radical (unpaired) electrons. The Morgan fingerprint density at radius 1 is 1.07 bits per heavy atom. The molecular weight excluding hydrogens is 616 g/mol. The molecule has 0 spiro atoms. The number of Topliss-reactive ketones (excluding diaryl/α,β-unsaturated/α-hetero) is 1. The highest BCUT2D eigenvalue weighted by atomic mass is 79.9. The third kappa shape index (κ3) is 3.48. The maximum absolute atomic E-state index is 13.7. The first-order chi connectivity index (χ1) is 14.3. The lowest BCUT2D eigenvalue weighted by Gasteiger charge is -2.23. The average molecular weight is 629 g/mol. The summed E-state index contributed by atoms with van der Waals surface area (Å²) in [6.45, 7) is 0.423. The molecule has 0 amide bonds. The Morgan fingerprint density at radius 3 is 2.53 bits per heavy atom. The van der Waals surface area contributed by atoms with Crippen molar-refractivity contribution in [1.29, 1.82) is 0 Å². The molecule has 30 heavy (non-hydrogen) atoms. The van der Waals surface area contributed by atoms with E-state index in [1.807, 2.05) is 42.5 Å². The highest BCUT2D eigenvalue weighted by Crippen LogP contribution is 2.45. The minimum atomic E-state index is -0.765. The van der Waals surface area contributed by atoms with E-state index >= 15 is 0 Å². The molecule has 3 heterocycles. The molecule has 0 saturated carbocycles. The van der Waals surface area contributed by atoms with Gasteiger partial charge in [-0.3, -0.25) is 14.2 Å². The van der Waals surface area contributed by atoms with Crippen LogP contribution in [0, 0.1) is 0 Å². The third-order valence-corrected chi connectivity index (χ3v) is 9.37. The first kappa shape index (κ1) is 20.8. The highest BCUT2D eigenvalue weighted by Gasteiger charge is 2.41. The van der Waals surface area contributed by atoms with E-state index < -0.39 is 3.23 Å². The van der Waals surface area contributed by atoms with Crippen LogP contribution < -0.4 is 5.56 Å². The van der Waals surface area contributed by atoms with Crippen molar-refractivity contribution in [3.05, 3.63) is 72.6 Å². The number of carbonyl (C=O) groups excluding carboxylic acids is 1. The summed E-state index contributed by atoms with van der Waals surface area (Å²) in [5.41, 5.74) is 1.76. The minimum Gasteiger partial charge on any atom is -0.291 e. The second-order valence-electron chi connectivity index (χ2n) is 7.04.